The lowest BCUT2D eigenvalue weighted by molar-refractivity contribution is -0.387. The van der Waals surface area contributed by atoms with Gasteiger partial charge in [-0.25, -0.2) is 4.79 Å². The van der Waals surface area contributed by atoms with Crippen molar-refractivity contribution in [2.24, 2.45) is 0 Å². The summed E-state index contributed by atoms with van der Waals surface area (Å²) in [6.07, 6.45) is -1.55. The van der Waals surface area contributed by atoms with Crippen molar-refractivity contribution in [3.63, 3.8) is 0 Å². The SMILES string of the molecule is O=C(Nc1ccc(F)c([N+](=O)[O-])c1)[C@@H]1CC[C@H](C(=O)O)O1. The molecule has 1 aromatic rings. The van der Waals surface area contributed by atoms with Crippen LogP contribution in [0.5, 0.6) is 0 Å². The minimum atomic E-state index is -1.15. The first kappa shape index (κ1) is 14.9. The quantitative estimate of drug-likeness (QED) is 0.639. The lowest BCUT2D eigenvalue weighted by Gasteiger charge is -2.11. The number of carboxylic acids is 1. The summed E-state index contributed by atoms with van der Waals surface area (Å²) in [7, 11) is 0. The van der Waals surface area contributed by atoms with Gasteiger partial charge in [-0.15, -0.1) is 0 Å². The van der Waals surface area contributed by atoms with E-state index in [1.54, 1.807) is 0 Å². The number of nitro benzene ring substituents is 1. The molecule has 1 aliphatic heterocycles. The van der Waals surface area contributed by atoms with Crippen LogP contribution in [-0.4, -0.2) is 34.1 Å². The third-order valence-electron chi connectivity index (χ3n) is 3.00. The summed E-state index contributed by atoms with van der Waals surface area (Å²) in [5, 5.41) is 21.7. The molecular weight excluding hydrogens is 287 g/mol. The number of halogens is 1. The molecule has 8 nitrogen and oxygen atoms in total. The van der Waals surface area contributed by atoms with Crippen molar-refractivity contribution < 1.29 is 28.7 Å². The summed E-state index contributed by atoms with van der Waals surface area (Å²) in [6.45, 7) is 0. The van der Waals surface area contributed by atoms with Crippen LogP contribution in [0.25, 0.3) is 0 Å². The lowest BCUT2D eigenvalue weighted by atomic mass is 10.2. The van der Waals surface area contributed by atoms with Gasteiger partial charge in [-0.3, -0.25) is 14.9 Å². The molecule has 0 radical (unpaired) electrons. The van der Waals surface area contributed by atoms with Gasteiger partial charge in [0, 0.05) is 11.8 Å². The monoisotopic (exact) mass is 298 g/mol. The van der Waals surface area contributed by atoms with E-state index in [2.05, 4.69) is 5.32 Å². The molecule has 112 valence electrons. The zero-order valence-corrected chi connectivity index (χ0v) is 10.6. The van der Waals surface area contributed by atoms with Crippen LogP contribution in [0.4, 0.5) is 15.8 Å². The number of ether oxygens (including phenoxy) is 1. The van der Waals surface area contributed by atoms with Gasteiger partial charge in [0.15, 0.2) is 6.10 Å². The first-order valence-corrected chi connectivity index (χ1v) is 6.01. The predicted octanol–water partition coefficient (Wildman–Crippen LogP) is 1.30. The number of nitro groups is 1. The molecule has 0 spiro atoms. The Balaban J connectivity index is 2.05. The first-order valence-electron chi connectivity index (χ1n) is 6.01. The fraction of sp³-hybridized carbons (Fsp3) is 0.333. The minimum Gasteiger partial charge on any atom is -0.479 e. The summed E-state index contributed by atoms with van der Waals surface area (Å²) in [6, 6.07) is 2.92. The molecule has 1 amide bonds. The molecule has 1 fully saturated rings. The number of amides is 1. The first-order chi connectivity index (χ1) is 9.88. The molecule has 2 atom stereocenters. The second kappa shape index (κ2) is 5.83. The largest absolute Gasteiger partial charge is 0.479 e. The second-order valence-electron chi connectivity index (χ2n) is 4.44. The Labute approximate surface area is 117 Å². The molecule has 1 heterocycles. The molecule has 0 unspecified atom stereocenters. The van der Waals surface area contributed by atoms with Crippen LogP contribution >= 0.6 is 0 Å². The van der Waals surface area contributed by atoms with Crippen LogP contribution in [0.3, 0.4) is 0 Å². The van der Waals surface area contributed by atoms with Crippen molar-refractivity contribution in [3.05, 3.63) is 34.1 Å². The van der Waals surface area contributed by atoms with E-state index in [9.17, 15) is 24.1 Å². The molecule has 21 heavy (non-hydrogen) atoms. The highest BCUT2D eigenvalue weighted by Gasteiger charge is 2.34. The Kier molecular flexibility index (Phi) is 4.13. The maximum absolute atomic E-state index is 13.2. The van der Waals surface area contributed by atoms with Crippen LogP contribution in [0.1, 0.15) is 12.8 Å². The van der Waals surface area contributed by atoms with E-state index < -0.39 is 40.5 Å². The molecule has 0 aliphatic carbocycles. The lowest BCUT2D eigenvalue weighted by Crippen LogP contribution is -2.29. The smallest absolute Gasteiger partial charge is 0.332 e. The highest BCUT2D eigenvalue weighted by Crippen LogP contribution is 2.24. The topological polar surface area (TPSA) is 119 Å². The van der Waals surface area contributed by atoms with E-state index in [0.717, 1.165) is 12.1 Å². The van der Waals surface area contributed by atoms with E-state index in [0.29, 0.717) is 0 Å². The normalized spacial score (nSPS) is 21.0. The predicted molar refractivity (Wildman–Crippen MR) is 67.2 cm³/mol. The highest BCUT2D eigenvalue weighted by molar-refractivity contribution is 5.95. The molecule has 9 heteroatoms. The minimum absolute atomic E-state index is 0.0375. The summed E-state index contributed by atoms with van der Waals surface area (Å²) >= 11 is 0. The van der Waals surface area contributed by atoms with Crippen LogP contribution < -0.4 is 5.32 Å². The van der Waals surface area contributed by atoms with Crippen LogP contribution in [0.2, 0.25) is 0 Å². The number of nitrogens with zero attached hydrogens (tertiary/aromatic N) is 1. The zero-order chi connectivity index (χ0) is 15.6. The average Bonchev–Trinajstić information content (AvgIpc) is 2.90. The fourth-order valence-corrected chi connectivity index (χ4v) is 1.96. The molecule has 0 saturated carbocycles. The van der Waals surface area contributed by atoms with Crippen LogP contribution in [-0.2, 0) is 14.3 Å². The molecule has 1 aromatic carbocycles. The van der Waals surface area contributed by atoms with Gasteiger partial charge in [0.1, 0.15) is 6.10 Å². The maximum Gasteiger partial charge on any atom is 0.332 e. The van der Waals surface area contributed by atoms with Crippen molar-refractivity contribution in [2.75, 3.05) is 5.32 Å². The molecule has 2 rings (SSSR count). The number of hydrogen-bond acceptors (Lipinski definition) is 5. The van der Waals surface area contributed by atoms with Gasteiger partial charge in [-0.05, 0) is 25.0 Å². The van der Waals surface area contributed by atoms with Gasteiger partial charge in [0.05, 0.1) is 4.92 Å². The van der Waals surface area contributed by atoms with Crippen molar-refractivity contribution in [1.82, 2.24) is 0 Å². The summed E-state index contributed by atoms with van der Waals surface area (Å²) in [5.41, 5.74) is -0.723. The second-order valence-corrected chi connectivity index (χ2v) is 4.44. The molecule has 2 N–H and O–H groups in total. The van der Waals surface area contributed by atoms with Crippen molar-refractivity contribution in [2.45, 2.75) is 25.0 Å². The third kappa shape index (κ3) is 3.31. The van der Waals surface area contributed by atoms with Gasteiger partial charge in [-0.1, -0.05) is 0 Å². The Morgan fingerprint density at radius 3 is 2.62 bits per heavy atom. The Bertz CT molecular complexity index is 605. The van der Waals surface area contributed by atoms with E-state index in [1.165, 1.54) is 6.07 Å². The number of aliphatic carboxylic acids is 1. The molecule has 0 bridgehead atoms. The van der Waals surface area contributed by atoms with E-state index in [-0.39, 0.29) is 18.5 Å². The van der Waals surface area contributed by atoms with E-state index in [4.69, 9.17) is 9.84 Å². The summed E-state index contributed by atoms with van der Waals surface area (Å²) in [5.74, 6) is -2.79. The number of benzene rings is 1. The average molecular weight is 298 g/mol. The van der Waals surface area contributed by atoms with Crippen molar-refractivity contribution in [1.29, 1.82) is 0 Å². The number of carbonyl (C=O) groups is 2. The Morgan fingerprint density at radius 1 is 1.38 bits per heavy atom. The number of carbonyl (C=O) groups excluding carboxylic acids is 1. The zero-order valence-electron chi connectivity index (χ0n) is 10.6. The number of anilines is 1. The number of carboxylic acid groups (broad SMARTS) is 1. The number of rotatable bonds is 4. The van der Waals surface area contributed by atoms with Crippen LogP contribution in [0.15, 0.2) is 18.2 Å². The fourth-order valence-electron chi connectivity index (χ4n) is 1.96. The van der Waals surface area contributed by atoms with Crippen molar-refractivity contribution in [3.8, 4) is 0 Å². The maximum atomic E-state index is 13.2. The van der Waals surface area contributed by atoms with E-state index >= 15 is 0 Å². The summed E-state index contributed by atoms with van der Waals surface area (Å²) in [4.78, 5) is 32.3. The van der Waals surface area contributed by atoms with Gasteiger partial charge >= 0.3 is 11.7 Å². The molecular formula is C12H11FN2O6. The number of nitrogens with one attached hydrogen (secondary N) is 1. The van der Waals surface area contributed by atoms with Crippen molar-refractivity contribution >= 4 is 23.3 Å². The summed E-state index contributed by atoms with van der Waals surface area (Å²) < 4.78 is 18.2. The van der Waals surface area contributed by atoms with Crippen LogP contribution in [0, 0.1) is 15.9 Å². The Hall–Kier alpha value is -2.55. The van der Waals surface area contributed by atoms with Gasteiger partial charge < -0.3 is 15.2 Å². The van der Waals surface area contributed by atoms with E-state index in [1.807, 2.05) is 0 Å². The van der Waals surface area contributed by atoms with Gasteiger partial charge in [-0.2, -0.15) is 4.39 Å². The van der Waals surface area contributed by atoms with Gasteiger partial charge in [0.25, 0.3) is 5.91 Å². The van der Waals surface area contributed by atoms with Gasteiger partial charge in [0.2, 0.25) is 5.82 Å². The molecule has 1 saturated heterocycles. The molecule has 1 aliphatic rings. The molecule has 0 aromatic heterocycles. The standard InChI is InChI=1S/C12H11FN2O6/c13-7-2-1-6(5-8(7)15(19)20)14-11(16)9-3-4-10(21-9)12(17)18/h1-2,5,9-10H,3-4H2,(H,14,16)(H,17,18)/t9-,10+/m0/s1. The highest BCUT2D eigenvalue weighted by atomic mass is 19.1. The number of hydrogen-bond donors (Lipinski definition) is 2. The Morgan fingerprint density at radius 2 is 2.05 bits per heavy atom. The third-order valence-corrected chi connectivity index (χ3v) is 3.00.